The number of hydrogen-bond acceptors (Lipinski definition) is 3. The molecule has 1 N–H and O–H groups in total. The van der Waals surface area contributed by atoms with E-state index in [0.29, 0.717) is 0 Å². The summed E-state index contributed by atoms with van der Waals surface area (Å²) in [6.45, 7) is 5.17. The van der Waals surface area contributed by atoms with Gasteiger partial charge in [0, 0.05) is 25.8 Å². The minimum absolute atomic E-state index is 0.898. The number of anilines is 1. The summed E-state index contributed by atoms with van der Waals surface area (Å²) < 4.78 is 5.34. The van der Waals surface area contributed by atoms with Crippen molar-refractivity contribution >= 4 is 5.69 Å². The highest BCUT2D eigenvalue weighted by atomic mass is 16.5. The second-order valence-corrected chi connectivity index (χ2v) is 4.51. The van der Waals surface area contributed by atoms with Gasteiger partial charge in [0.05, 0.1) is 13.2 Å². The number of ether oxygens (including phenoxy) is 1. The van der Waals surface area contributed by atoms with E-state index in [1.165, 1.54) is 24.2 Å². The summed E-state index contributed by atoms with van der Waals surface area (Å²) in [5, 5.41) is 3.18. The van der Waals surface area contributed by atoms with Crippen molar-refractivity contribution in [3.8, 4) is 0 Å². The highest BCUT2D eigenvalue weighted by Gasteiger charge is 2.09. The van der Waals surface area contributed by atoms with E-state index in [1.54, 1.807) is 0 Å². The molecule has 0 aromatic heterocycles. The van der Waals surface area contributed by atoms with Crippen molar-refractivity contribution in [2.45, 2.75) is 12.8 Å². The topological polar surface area (TPSA) is 24.5 Å². The number of morpholine rings is 1. The molecular formula is C14H22N2O. The fourth-order valence-electron chi connectivity index (χ4n) is 2.21. The van der Waals surface area contributed by atoms with Crippen LogP contribution in [0.2, 0.25) is 0 Å². The predicted molar refractivity (Wildman–Crippen MR) is 71.6 cm³/mol. The molecule has 0 aliphatic carbocycles. The van der Waals surface area contributed by atoms with E-state index < -0.39 is 0 Å². The SMILES string of the molecule is CNc1cccc(CCCN2CCOCC2)c1. The lowest BCUT2D eigenvalue weighted by molar-refractivity contribution is 0.0375. The Morgan fingerprint density at radius 3 is 2.88 bits per heavy atom. The third-order valence-corrected chi connectivity index (χ3v) is 3.26. The summed E-state index contributed by atoms with van der Waals surface area (Å²) in [6.07, 6.45) is 2.39. The lowest BCUT2D eigenvalue weighted by Crippen LogP contribution is -2.36. The molecule has 1 aromatic carbocycles. The highest BCUT2D eigenvalue weighted by Crippen LogP contribution is 2.11. The van der Waals surface area contributed by atoms with Crippen LogP contribution in [0.4, 0.5) is 5.69 Å². The minimum atomic E-state index is 0.898. The summed E-state index contributed by atoms with van der Waals surface area (Å²) in [6, 6.07) is 8.67. The van der Waals surface area contributed by atoms with Crippen LogP contribution in [0.15, 0.2) is 24.3 Å². The molecule has 1 heterocycles. The molecule has 1 saturated heterocycles. The molecular weight excluding hydrogens is 212 g/mol. The average molecular weight is 234 g/mol. The van der Waals surface area contributed by atoms with Gasteiger partial charge in [-0.05, 0) is 37.1 Å². The first kappa shape index (κ1) is 12.4. The Morgan fingerprint density at radius 2 is 2.12 bits per heavy atom. The number of nitrogens with zero attached hydrogens (tertiary/aromatic N) is 1. The Labute approximate surface area is 104 Å². The molecule has 17 heavy (non-hydrogen) atoms. The van der Waals surface area contributed by atoms with E-state index in [-0.39, 0.29) is 0 Å². The maximum absolute atomic E-state index is 5.34. The van der Waals surface area contributed by atoms with Crippen molar-refractivity contribution in [2.24, 2.45) is 0 Å². The monoisotopic (exact) mass is 234 g/mol. The third-order valence-electron chi connectivity index (χ3n) is 3.26. The fourth-order valence-corrected chi connectivity index (χ4v) is 2.21. The maximum Gasteiger partial charge on any atom is 0.0594 e. The van der Waals surface area contributed by atoms with Crippen LogP contribution in [0.5, 0.6) is 0 Å². The summed E-state index contributed by atoms with van der Waals surface area (Å²) in [5.41, 5.74) is 2.62. The van der Waals surface area contributed by atoms with E-state index in [9.17, 15) is 0 Å². The lowest BCUT2D eigenvalue weighted by Gasteiger charge is -2.26. The molecule has 0 spiro atoms. The van der Waals surface area contributed by atoms with Crippen molar-refractivity contribution in [1.82, 2.24) is 4.90 Å². The zero-order valence-electron chi connectivity index (χ0n) is 10.6. The number of nitrogens with one attached hydrogen (secondary N) is 1. The zero-order valence-corrected chi connectivity index (χ0v) is 10.6. The second kappa shape index (κ2) is 6.62. The largest absolute Gasteiger partial charge is 0.388 e. The van der Waals surface area contributed by atoms with Gasteiger partial charge in [0.2, 0.25) is 0 Å². The summed E-state index contributed by atoms with van der Waals surface area (Å²) in [5.74, 6) is 0. The van der Waals surface area contributed by atoms with Gasteiger partial charge in [0.1, 0.15) is 0 Å². The Hall–Kier alpha value is -1.06. The molecule has 0 radical (unpaired) electrons. The highest BCUT2D eigenvalue weighted by molar-refractivity contribution is 5.44. The van der Waals surface area contributed by atoms with Crippen molar-refractivity contribution in [3.63, 3.8) is 0 Å². The van der Waals surface area contributed by atoms with Crippen LogP contribution in [-0.4, -0.2) is 44.8 Å². The minimum Gasteiger partial charge on any atom is -0.388 e. The maximum atomic E-state index is 5.34. The lowest BCUT2D eigenvalue weighted by atomic mass is 10.1. The van der Waals surface area contributed by atoms with Gasteiger partial charge >= 0.3 is 0 Å². The standard InChI is InChI=1S/C14H22N2O/c1-15-14-6-2-4-13(12-14)5-3-7-16-8-10-17-11-9-16/h2,4,6,12,15H,3,5,7-11H2,1H3. The van der Waals surface area contributed by atoms with Gasteiger partial charge in [0.15, 0.2) is 0 Å². The normalized spacial score (nSPS) is 17.0. The molecule has 2 rings (SSSR count). The van der Waals surface area contributed by atoms with Crippen LogP contribution >= 0.6 is 0 Å². The van der Waals surface area contributed by atoms with Gasteiger partial charge in [-0.2, -0.15) is 0 Å². The molecule has 94 valence electrons. The Bertz CT molecular complexity index is 335. The summed E-state index contributed by atoms with van der Waals surface area (Å²) in [4.78, 5) is 2.49. The zero-order chi connectivity index (χ0) is 11.9. The van der Waals surface area contributed by atoms with Crippen LogP contribution in [0.3, 0.4) is 0 Å². The predicted octanol–water partition coefficient (Wildman–Crippen LogP) is 1.99. The molecule has 0 saturated carbocycles. The third kappa shape index (κ3) is 4.02. The van der Waals surface area contributed by atoms with Gasteiger partial charge in [-0.3, -0.25) is 4.90 Å². The number of aryl methyl sites for hydroxylation is 1. The quantitative estimate of drug-likeness (QED) is 0.843. The average Bonchev–Trinajstić information content (AvgIpc) is 2.40. The van der Waals surface area contributed by atoms with Crippen molar-refractivity contribution in [2.75, 3.05) is 45.2 Å². The molecule has 1 aliphatic rings. The molecule has 1 aromatic rings. The smallest absolute Gasteiger partial charge is 0.0594 e. The molecule has 0 atom stereocenters. The Morgan fingerprint density at radius 1 is 1.29 bits per heavy atom. The van der Waals surface area contributed by atoms with Gasteiger partial charge < -0.3 is 10.1 Å². The van der Waals surface area contributed by atoms with E-state index in [2.05, 4.69) is 34.5 Å². The molecule has 0 bridgehead atoms. The van der Waals surface area contributed by atoms with E-state index in [1.807, 2.05) is 7.05 Å². The van der Waals surface area contributed by atoms with Crippen molar-refractivity contribution in [1.29, 1.82) is 0 Å². The Kier molecular flexibility index (Phi) is 4.83. The van der Waals surface area contributed by atoms with Gasteiger partial charge in [-0.15, -0.1) is 0 Å². The second-order valence-electron chi connectivity index (χ2n) is 4.51. The van der Waals surface area contributed by atoms with Gasteiger partial charge in [-0.1, -0.05) is 12.1 Å². The number of benzene rings is 1. The fraction of sp³-hybridized carbons (Fsp3) is 0.571. The first-order valence-corrected chi connectivity index (χ1v) is 6.45. The number of hydrogen-bond donors (Lipinski definition) is 1. The molecule has 0 amide bonds. The van der Waals surface area contributed by atoms with Crippen LogP contribution in [0, 0.1) is 0 Å². The molecule has 3 heteroatoms. The van der Waals surface area contributed by atoms with E-state index in [4.69, 9.17) is 4.74 Å². The summed E-state index contributed by atoms with van der Waals surface area (Å²) >= 11 is 0. The van der Waals surface area contributed by atoms with Gasteiger partial charge in [-0.25, -0.2) is 0 Å². The first-order chi connectivity index (χ1) is 8.38. The summed E-state index contributed by atoms with van der Waals surface area (Å²) in [7, 11) is 1.97. The number of rotatable bonds is 5. The van der Waals surface area contributed by atoms with Gasteiger partial charge in [0.25, 0.3) is 0 Å². The molecule has 1 fully saturated rings. The molecule has 1 aliphatic heterocycles. The van der Waals surface area contributed by atoms with Crippen molar-refractivity contribution in [3.05, 3.63) is 29.8 Å². The molecule has 3 nitrogen and oxygen atoms in total. The van der Waals surface area contributed by atoms with Crippen LogP contribution < -0.4 is 5.32 Å². The van der Waals surface area contributed by atoms with E-state index in [0.717, 1.165) is 32.7 Å². The Balaban J connectivity index is 1.73. The molecule has 0 unspecified atom stereocenters. The van der Waals surface area contributed by atoms with Crippen LogP contribution in [0.25, 0.3) is 0 Å². The van der Waals surface area contributed by atoms with Crippen LogP contribution in [0.1, 0.15) is 12.0 Å². The van der Waals surface area contributed by atoms with Crippen LogP contribution in [-0.2, 0) is 11.2 Å². The van der Waals surface area contributed by atoms with Crippen molar-refractivity contribution < 1.29 is 4.74 Å². The first-order valence-electron chi connectivity index (χ1n) is 6.45. The van der Waals surface area contributed by atoms with E-state index >= 15 is 0 Å².